The number of rotatable bonds is 4. The molecule has 1 aromatic rings. The number of H-pyrrole nitrogens is 1. The lowest BCUT2D eigenvalue weighted by Crippen LogP contribution is -2.47. The van der Waals surface area contributed by atoms with Gasteiger partial charge in [0, 0.05) is 12.6 Å². The Bertz CT molecular complexity index is 494. The van der Waals surface area contributed by atoms with Gasteiger partial charge in [0.2, 0.25) is 5.91 Å². The van der Waals surface area contributed by atoms with Gasteiger partial charge in [0.1, 0.15) is 5.82 Å². The summed E-state index contributed by atoms with van der Waals surface area (Å²) in [5.41, 5.74) is 0. The summed E-state index contributed by atoms with van der Waals surface area (Å²) in [4.78, 5) is 19.2. The van der Waals surface area contributed by atoms with E-state index in [4.69, 9.17) is 0 Å². The normalized spacial score (nSPS) is 24.3. The first-order valence-corrected chi connectivity index (χ1v) is 8.62. The molecule has 2 fully saturated rings. The van der Waals surface area contributed by atoms with Gasteiger partial charge < -0.3 is 5.32 Å². The molecule has 0 radical (unpaired) electrons. The first-order valence-electron chi connectivity index (χ1n) is 8.62. The number of aromatic amines is 1. The molecule has 1 aliphatic carbocycles. The molecule has 2 N–H and O–H groups in total. The highest BCUT2D eigenvalue weighted by Gasteiger charge is 2.30. The maximum Gasteiger partial charge on any atom is 0.224 e. The Morgan fingerprint density at radius 2 is 2.09 bits per heavy atom. The molecule has 2 heterocycles. The van der Waals surface area contributed by atoms with Gasteiger partial charge in [-0.3, -0.25) is 14.8 Å². The van der Waals surface area contributed by atoms with Crippen LogP contribution in [-0.2, 0) is 11.3 Å². The van der Waals surface area contributed by atoms with Crippen molar-refractivity contribution in [3.63, 3.8) is 0 Å². The number of hydrogen-bond donors (Lipinski definition) is 2. The Morgan fingerprint density at radius 3 is 2.82 bits per heavy atom. The molecule has 1 saturated carbocycles. The van der Waals surface area contributed by atoms with Crippen molar-refractivity contribution < 1.29 is 4.79 Å². The lowest BCUT2D eigenvalue weighted by molar-refractivity contribution is -0.127. The van der Waals surface area contributed by atoms with Gasteiger partial charge >= 0.3 is 0 Å². The summed E-state index contributed by atoms with van der Waals surface area (Å²) in [6.45, 7) is 4.36. The lowest BCUT2D eigenvalue weighted by atomic mass is 9.90. The minimum atomic E-state index is 0.121. The van der Waals surface area contributed by atoms with Crippen molar-refractivity contribution in [1.82, 2.24) is 25.4 Å². The zero-order valence-corrected chi connectivity index (χ0v) is 13.5. The van der Waals surface area contributed by atoms with E-state index in [1.165, 1.54) is 32.1 Å². The Balaban J connectivity index is 1.49. The number of aromatic nitrogens is 3. The standard InChI is InChI=1S/C16H27N5O/c1-12-18-15(20-19-12)10-17-16(22)13-6-5-9-21(11-13)14-7-3-2-4-8-14/h13-14H,2-11H2,1H3,(H,17,22)(H,18,19,20)/t13-/m0/s1. The maximum absolute atomic E-state index is 12.4. The SMILES string of the molecule is Cc1nc(CNC(=O)[C@H]2CCCN(C3CCCCC3)C2)n[nH]1. The summed E-state index contributed by atoms with van der Waals surface area (Å²) in [7, 11) is 0. The molecule has 0 spiro atoms. The fraction of sp³-hybridized carbons (Fsp3) is 0.812. The molecule has 0 unspecified atom stereocenters. The van der Waals surface area contributed by atoms with Gasteiger partial charge in [0.15, 0.2) is 5.82 Å². The minimum absolute atomic E-state index is 0.121. The van der Waals surface area contributed by atoms with E-state index < -0.39 is 0 Å². The van der Waals surface area contributed by atoms with Crippen LogP contribution < -0.4 is 5.32 Å². The number of carbonyl (C=O) groups is 1. The average molecular weight is 305 g/mol. The lowest BCUT2D eigenvalue weighted by Gasteiger charge is -2.39. The van der Waals surface area contributed by atoms with Crippen LogP contribution in [0.3, 0.4) is 0 Å². The highest BCUT2D eigenvalue weighted by molar-refractivity contribution is 5.78. The van der Waals surface area contributed by atoms with E-state index in [1.807, 2.05) is 6.92 Å². The number of hydrogen-bond acceptors (Lipinski definition) is 4. The quantitative estimate of drug-likeness (QED) is 0.889. The molecule has 1 aromatic heterocycles. The minimum Gasteiger partial charge on any atom is -0.348 e. The number of piperidine rings is 1. The summed E-state index contributed by atoms with van der Waals surface area (Å²) < 4.78 is 0. The van der Waals surface area contributed by atoms with Crippen LogP contribution in [0.15, 0.2) is 0 Å². The number of amides is 1. The van der Waals surface area contributed by atoms with Crippen molar-refractivity contribution in [3.8, 4) is 0 Å². The number of nitrogens with one attached hydrogen (secondary N) is 2. The summed E-state index contributed by atoms with van der Waals surface area (Å²) >= 11 is 0. The number of aryl methyl sites for hydroxylation is 1. The molecule has 1 atom stereocenters. The molecule has 0 aromatic carbocycles. The Morgan fingerprint density at radius 1 is 1.27 bits per heavy atom. The van der Waals surface area contributed by atoms with E-state index in [2.05, 4.69) is 25.4 Å². The van der Waals surface area contributed by atoms with E-state index in [9.17, 15) is 4.79 Å². The predicted octanol–water partition coefficient (Wildman–Crippen LogP) is 1.77. The fourth-order valence-corrected chi connectivity index (χ4v) is 3.78. The van der Waals surface area contributed by atoms with Crippen molar-refractivity contribution >= 4 is 5.91 Å². The van der Waals surface area contributed by atoms with E-state index in [0.29, 0.717) is 18.4 Å². The van der Waals surface area contributed by atoms with E-state index in [1.54, 1.807) is 0 Å². The molecule has 1 amide bonds. The van der Waals surface area contributed by atoms with Gasteiger partial charge in [-0.2, -0.15) is 5.10 Å². The van der Waals surface area contributed by atoms with Crippen LogP contribution in [0.25, 0.3) is 0 Å². The molecule has 6 heteroatoms. The van der Waals surface area contributed by atoms with Crippen LogP contribution in [0, 0.1) is 12.8 Å². The van der Waals surface area contributed by atoms with Crippen molar-refractivity contribution in [2.24, 2.45) is 5.92 Å². The van der Waals surface area contributed by atoms with Crippen molar-refractivity contribution in [2.75, 3.05) is 13.1 Å². The van der Waals surface area contributed by atoms with Gasteiger partial charge in [-0.25, -0.2) is 4.98 Å². The van der Waals surface area contributed by atoms with Crippen LogP contribution in [0.5, 0.6) is 0 Å². The number of carbonyl (C=O) groups excluding carboxylic acids is 1. The fourth-order valence-electron chi connectivity index (χ4n) is 3.78. The first-order chi connectivity index (χ1) is 10.7. The summed E-state index contributed by atoms with van der Waals surface area (Å²) in [6.07, 6.45) is 8.83. The molecule has 3 rings (SSSR count). The van der Waals surface area contributed by atoms with Crippen LogP contribution in [0.1, 0.15) is 56.6 Å². The summed E-state index contributed by atoms with van der Waals surface area (Å²) in [5, 5.41) is 9.86. The van der Waals surface area contributed by atoms with Crippen molar-refractivity contribution in [2.45, 2.75) is 64.5 Å². The second-order valence-electron chi connectivity index (χ2n) is 6.68. The monoisotopic (exact) mass is 305 g/mol. The van der Waals surface area contributed by atoms with Crippen molar-refractivity contribution in [1.29, 1.82) is 0 Å². The third-order valence-electron chi connectivity index (χ3n) is 4.98. The molecular weight excluding hydrogens is 278 g/mol. The van der Waals surface area contributed by atoms with E-state index >= 15 is 0 Å². The van der Waals surface area contributed by atoms with Gasteiger partial charge in [0.25, 0.3) is 0 Å². The molecule has 0 bridgehead atoms. The van der Waals surface area contributed by atoms with Crippen LogP contribution in [0.2, 0.25) is 0 Å². The van der Waals surface area contributed by atoms with E-state index in [-0.39, 0.29) is 11.8 Å². The molecule has 122 valence electrons. The van der Waals surface area contributed by atoms with E-state index in [0.717, 1.165) is 31.8 Å². The first kappa shape index (κ1) is 15.5. The third kappa shape index (κ3) is 3.85. The third-order valence-corrected chi connectivity index (χ3v) is 4.98. The second kappa shape index (κ2) is 7.22. The Labute approximate surface area is 132 Å². The average Bonchev–Trinajstić information content (AvgIpc) is 2.99. The summed E-state index contributed by atoms with van der Waals surface area (Å²) in [5.74, 6) is 1.72. The zero-order valence-electron chi connectivity index (χ0n) is 13.5. The topological polar surface area (TPSA) is 73.9 Å². The molecular formula is C16H27N5O. The molecule has 1 aliphatic heterocycles. The molecule has 6 nitrogen and oxygen atoms in total. The Kier molecular flexibility index (Phi) is 5.08. The largest absolute Gasteiger partial charge is 0.348 e. The molecule has 2 aliphatic rings. The van der Waals surface area contributed by atoms with Crippen LogP contribution >= 0.6 is 0 Å². The van der Waals surface area contributed by atoms with Crippen LogP contribution in [0.4, 0.5) is 0 Å². The predicted molar refractivity (Wildman–Crippen MR) is 84.1 cm³/mol. The maximum atomic E-state index is 12.4. The molecule has 1 saturated heterocycles. The highest BCUT2D eigenvalue weighted by atomic mass is 16.1. The smallest absolute Gasteiger partial charge is 0.224 e. The van der Waals surface area contributed by atoms with Gasteiger partial charge in [-0.05, 0) is 39.2 Å². The van der Waals surface area contributed by atoms with Gasteiger partial charge in [0.05, 0.1) is 12.5 Å². The zero-order chi connectivity index (χ0) is 15.4. The number of likely N-dealkylation sites (tertiary alicyclic amines) is 1. The Hall–Kier alpha value is -1.43. The highest BCUT2D eigenvalue weighted by Crippen LogP contribution is 2.27. The van der Waals surface area contributed by atoms with Crippen LogP contribution in [-0.4, -0.2) is 45.1 Å². The van der Waals surface area contributed by atoms with Gasteiger partial charge in [-0.1, -0.05) is 19.3 Å². The molecule has 22 heavy (non-hydrogen) atoms. The second-order valence-corrected chi connectivity index (χ2v) is 6.68. The van der Waals surface area contributed by atoms with Gasteiger partial charge in [-0.15, -0.1) is 0 Å². The number of nitrogens with zero attached hydrogens (tertiary/aromatic N) is 3. The summed E-state index contributed by atoms with van der Waals surface area (Å²) in [6, 6.07) is 0.708. The van der Waals surface area contributed by atoms with Crippen molar-refractivity contribution in [3.05, 3.63) is 11.6 Å².